The fourth-order valence-electron chi connectivity index (χ4n) is 2.08. The number of hydrogen-bond donors (Lipinski definition) is 1. The lowest BCUT2D eigenvalue weighted by atomic mass is 10.1. The second-order valence-electron chi connectivity index (χ2n) is 5.42. The number of amides is 1. The zero-order chi connectivity index (χ0) is 15.8. The first-order chi connectivity index (χ1) is 10.7. The Morgan fingerprint density at radius 3 is 2.68 bits per heavy atom. The summed E-state index contributed by atoms with van der Waals surface area (Å²) in [7, 11) is 0. The van der Waals surface area contributed by atoms with Crippen LogP contribution in [0.4, 0.5) is 0 Å². The molecule has 118 valence electrons. The second kappa shape index (κ2) is 8.32. The van der Waals surface area contributed by atoms with Gasteiger partial charge in [0.2, 0.25) is 17.7 Å². The minimum absolute atomic E-state index is 0.0335. The van der Waals surface area contributed by atoms with E-state index in [1.165, 1.54) is 5.56 Å². The lowest BCUT2D eigenvalue weighted by molar-refractivity contribution is -0.121. The second-order valence-corrected chi connectivity index (χ2v) is 5.42. The third-order valence-electron chi connectivity index (χ3n) is 3.43. The molecule has 1 N–H and O–H groups in total. The summed E-state index contributed by atoms with van der Waals surface area (Å²) in [5.74, 6) is 1.03. The number of carbonyl (C=O) groups is 1. The molecule has 0 bridgehead atoms. The molecule has 1 aromatic carbocycles. The number of aromatic nitrogens is 2. The Labute approximate surface area is 131 Å². The number of rotatable bonds is 8. The molecule has 0 saturated carbocycles. The van der Waals surface area contributed by atoms with E-state index in [0.29, 0.717) is 24.6 Å². The van der Waals surface area contributed by atoms with Crippen LogP contribution in [0, 0.1) is 6.92 Å². The van der Waals surface area contributed by atoms with Crippen molar-refractivity contribution in [3.63, 3.8) is 0 Å². The molecular weight excluding hydrogens is 278 g/mol. The Morgan fingerprint density at radius 2 is 1.95 bits per heavy atom. The first-order valence-electron chi connectivity index (χ1n) is 7.85. The number of hydrogen-bond acceptors (Lipinski definition) is 4. The van der Waals surface area contributed by atoms with E-state index in [2.05, 4.69) is 22.4 Å². The molecule has 2 aromatic rings. The van der Waals surface area contributed by atoms with E-state index in [1.807, 2.05) is 31.2 Å². The van der Waals surface area contributed by atoms with Crippen LogP contribution in [0.2, 0.25) is 0 Å². The largest absolute Gasteiger partial charge is 0.421 e. The number of unbranched alkanes of at least 4 members (excludes halogenated alkanes) is 2. The van der Waals surface area contributed by atoms with Crippen molar-refractivity contribution in [2.75, 3.05) is 6.54 Å². The van der Waals surface area contributed by atoms with Crippen molar-refractivity contribution in [1.29, 1.82) is 0 Å². The van der Waals surface area contributed by atoms with E-state index >= 15 is 0 Å². The molecular formula is C17H23N3O2. The highest BCUT2D eigenvalue weighted by Gasteiger charge is 2.10. The van der Waals surface area contributed by atoms with Crippen LogP contribution in [-0.2, 0) is 11.2 Å². The van der Waals surface area contributed by atoms with Gasteiger partial charge in [-0.1, -0.05) is 37.5 Å². The Bertz CT molecular complexity index is 590. The molecule has 0 radical (unpaired) electrons. The summed E-state index contributed by atoms with van der Waals surface area (Å²) in [5.41, 5.74) is 2.08. The highest BCUT2D eigenvalue weighted by atomic mass is 16.4. The zero-order valence-electron chi connectivity index (χ0n) is 13.3. The molecule has 1 amide bonds. The molecule has 1 heterocycles. The Morgan fingerprint density at radius 1 is 1.18 bits per heavy atom. The summed E-state index contributed by atoms with van der Waals surface area (Å²) < 4.78 is 5.60. The third-order valence-corrected chi connectivity index (χ3v) is 3.43. The van der Waals surface area contributed by atoms with E-state index in [0.717, 1.165) is 31.4 Å². The van der Waals surface area contributed by atoms with Gasteiger partial charge in [0.05, 0.1) is 0 Å². The van der Waals surface area contributed by atoms with Crippen molar-refractivity contribution in [2.45, 2.75) is 46.0 Å². The van der Waals surface area contributed by atoms with Gasteiger partial charge in [0.1, 0.15) is 0 Å². The molecule has 0 fully saturated rings. The number of aryl methyl sites for hydroxylation is 2. The van der Waals surface area contributed by atoms with Gasteiger partial charge in [-0.25, -0.2) is 0 Å². The molecule has 5 heteroatoms. The van der Waals surface area contributed by atoms with E-state index < -0.39 is 0 Å². The van der Waals surface area contributed by atoms with Crippen molar-refractivity contribution in [3.8, 4) is 11.5 Å². The van der Waals surface area contributed by atoms with Crippen LogP contribution in [-0.4, -0.2) is 22.6 Å². The van der Waals surface area contributed by atoms with E-state index in [9.17, 15) is 4.79 Å². The minimum atomic E-state index is 0.0335. The van der Waals surface area contributed by atoms with Crippen molar-refractivity contribution < 1.29 is 9.21 Å². The Balaban J connectivity index is 1.79. The minimum Gasteiger partial charge on any atom is -0.421 e. The number of carbonyl (C=O) groups excluding carboxylic acids is 1. The molecule has 22 heavy (non-hydrogen) atoms. The van der Waals surface area contributed by atoms with Crippen molar-refractivity contribution >= 4 is 5.91 Å². The van der Waals surface area contributed by atoms with Crippen LogP contribution in [0.5, 0.6) is 0 Å². The van der Waals surface area contributed by atoms with Crippen LogP contribution in [0.3, 0.4) is 0 Å². The summed E-state index contributed by atoms with van der Waals surface area (Å²) in [6.07, 6.45) is 4.17. The van der Waals surface area contributed by atoms with Crippen LogP contribution >= 0.6 is 0 Å². The maximum Gasteiger partial charge on any atom is 0.247 e. The fourth-order valence-corrected chi connectivity index (χ4v) is 2.08. The monoisotopic (exact) mass is 301 g/mol. The van der Waals surface area contributed by atoms with E-state index in [1.54, 1.807) is 0 Å². The molecule has 0 aliphatic rings. The SMILES string of the molecule is CCCCCNC(=O)CCc1nnc(-c2ccc(C)cc2)o1. The highest BCUT2D eigenvalue weighted by Crippen LogP contribution is 2.18. The van der Waals surface area contributed by atoms with Crippen LogP contribution < -0.4 is 5.32 Å². The maximum atomic E-state index is 11.7. The summed E-state index contributed by atoms with van der Waals surface area (Å²) in [4.78, 5) is 11.7. The zero-order valence-corrected chi connectivity index (χ0v) is 13.3. The predicted molar refractivity (Wildman–Crippen MR) is 85.3 cm³/mol. The van der Waals surface area contributed by atoms with Crippen molar-refractivity contribution in [2.24, 2.45) is 0 Å². The lowest BCUT2D eigenvalue weighted by Crippen LogP contribution is -2.24. The number of nitrogens with one attached hydrogen (secondary N) is 1. The van der Waals surface area contributed by atoms with Crippen LogP contribution in [0.15, 0.2) is 28.7 Å². The normalized spacial score (nSPS) is 10.6. The number of benzene rings is 1. The summed E-state index contributed by atoms with van der Waals surface area (Å²) in [6.45, 7) is 4.91. The van der Waals surface area contributed by atoms with Gasteiger partial charge in [-0.15, -0.1) is 10.2 Å². The van der Waals surface area contributed by atoms with Gasteiger partial charge in [0.25, 0.3) is 0 Å². The first-order valence-corrected chi connectivity index (χ1v) is 7.85. The average molecular weight is 301 g/mol. The molecule has 0 saturated heterocycles. The molecule has 5 nitrogen and oxygen atoms in total. The molecule has 1 aromatic heterocycles. The third kappa shape index (κ3) is 4.98. The molecule has 0 spiro atoms. The van der Waals surface area contributed by atoms with Crippen LogP contribution in [0.1, 0.15) is 44.1 Å². The van der Waals surface area contributed by atoms with E-state index in [-0.39, 0.29) is 5.91 Å². The molecule has 0 aliphatic carbocycles. The van der Waals surface area contributed by atoms with Gasteiger partial charge < -0.3 is 9.73 Å². The van der Waals surface area contributed by atoms with Crippen molar-refractivity contribution in [3.05, 3.63) is 35.7 Å². The number of nitrogens with zero attached hydrogens (tertiary/aromatic N) is 2. The van der Waals surface area contributed by atoms with Gasteiger partial charge in [0, 0.05) is 24.9 Å². The standard InChI is InChI=1S/C17H23N3O2/c1-3-4-5-12-18-15(21)10-11-16-19-20-17(22-16)14-8-6-13(2)7-9-14/h6-9H,3-5,10-12H2,1-2H3,(H,18,21). The first kappa shape index (κ1) is 16.2. The lowest BCUT2D eigenvalue weighted by Gasteiger charge is -2.02. The van der Waals surface area contributed by atoms with Gasteiger partial charge in [-0.3, -0.25) is 4.79 Å². The van der Waals surface area contributed by atoms with E-state index in [4.69, 9.17) is 4.42 Å². The van der Waals surface area contributed by atoms with Gasteiger partial charge in [-0.05, 0) is 25.5 Å². The summed E-state index contributed by atoms with van der Waals surface area (Å²) in [5, 5.41) is 10.9. The Kier molecular flexibility index (Phi) is 6.13. The topological polar surface area (TPSA) is 68.0 Å². The molecule has 0 atom stereocenters. The summed E-state index contributed by atoms with van der Waals surface area (Å²) >= 11 is 0. The molecule has 0 aliphatic heterocycles. The smallest absolute Gasteiger partial charge is 0.247 e. The maximum absolute atomic E-state index is 11.7. The summed E-state index contributed by atoms with van der Waals surface area (Å²) in [6, 6.07) is 7.91. The van der Waals surface area contributed by atoms with Crippen molar-refractivity contribution in [1.82, 2.24) is 15.5 Å². The van der Waals surface area contributed by atoms with Gasteiger partial charge >= 0.3 is 0 Å². The van der Waals surface area contributed by atoms with Gasteiger partial charge in [0.15, 0.2) is 0 Å². The average Bonchev–Trinajstić information content (AvgIpc) is 2.99. The molecule has 2 rings (SSSR count). The van der Waals surface area contributed by atoms with Gasteiger partial charge in [-0.2, -0.15) is 0 Å². The fraction of sp³-hybridized carbons (Fsp3) is 0.471. The Hall–Kier alpha value is -2.17. The van der Waals surface area contributed by atoms with Crippen LogP contribution in [0.25, 0.3) is 11.5 Å². The predicted octanol–water partition coefficient (Wildman–Crippen LogP) is 3.28. The quantitative estimate of drug-likeness (QED) is 0.760. The molecule has 0 unspecified atom stereocenters. The highest BCUT2D eigenvalue weighted by molar-refractivity contribution is 5.75.